The second-order valence-electron chi connectivity index (χ2n) is 9.22. The van der Waals surface area contributed by atoms with Crippen molar-refractivity contribution in [3.8, 4) is 0 Å². The van der Waals surface area contributed by atoms with Crippen LogP contribution in [0.1, 0.15) is 47.4 Å². The molecule has 25 heteroatoms. The summed E-state index contributed by atoms with van der Waals surface area (Å²) < 4.78 is 160. The fourth-order valence-corrected chi connectivity index (χ4v) is 5.18. The number of Topliss-reactive ketones (excluding diaryl/α,β-unsaturated/α-hetero) is 1. The van der Waals surface area contributed by atoms with Crippen molar-refractivity contribution < 1.29 is 80.6 Å². The minimum Gasteiger partial charge on any atom is -0.462 e. The van der Waals surface area contributed by atoms with Crippen LogP contribution in [0.5, 0.6) is 0 Å². The van der Waals surface area contributed by atoms with Gasteiger partial charge in [0, 0.05) is 45.5 Å². The van der Waals surface area contributed by atoms with E-state index in [4.69, 9.17) is 16.4 Å². The quantitative estimate of drug-likeness (QED) is 0.0482. The van der Waals surface area contributed by atoms with Gasteiger partial charge in [0.25, 0.3) is 23.3 Å². The van der Waals surface area contributed by atoms with Crippen LogP contribution in [0.3, 0.4) is 0 Å². The van der Waals surface area contributed by atoms with Gasteiger partial charge in [-0.25, -0.2) is 61.5 Å². The molecule has 0 saturated carbocycles. The molecule has 0 radical (unpaired) electrons. The Morgan fingerprint density at radius 3 is 1.21 bits per heavy atom. The zero-order valence-corrected chi connectivity index (χ0v) is 30.7. The maximum atomic E-state index is 13.8. The largest absolute Gasteiger partial charge is 0.462 e. The molecule has 0 aliphatic carbocycles. The fourth-order valence-electron chi connectivity index (χ4n) is 2.99. The van der Waals surface area contributed by atoms with Gasteiger partial charge in [0.1, 0.15) is 12.2 Å². The molecule has 0 atom stereocenters. The lowest BCUT2D eigenvalue weighted by Crippen LogP contribution is -2.15. The fraction of sp³-hybridized carbons (Fsp3) is 0.259. The molecule has 0 fully saturated rings. The number of rotatable bonds is 12. The van der Waals surface area contributed by atoms with E-state index in [0.717, 1.165) is 0 Å². The van der Waals surface area contributed by atoms with Crippen LogP contribution >= 0.6 is 45.4 Å². The van der Waals surface area contributed by atoms with E-state index in [0.29, 0.717) is 12.1 Å². The molecule has 11 nitrogen and oxygen atoms in total. The summed E-state index contributed by atoms with van der Waals surface area (Å²) in [5, 5.41) is -1.82. The lowest BCUT2D eigenvalue weighted by molar-refractivity contribution is -0.139. The molecule has 0 aliphatic heterocycles. The van der Waals surface area contributed by atoms with E-state index in [1.54, 1.807) is 6.92 Å². The highest BCUT2D eigenvalue weighted by Crippen LogP contribution is 2.31. The molecule has 2 aromatic carbocycles. The molecule has 0 heterocycles. The number of hydrogen-bond donors (Lipinski definition) is 1. The third kappa shape index (κ3) is 13.9. The Morgan fingerprint density at radius 2 is 0.942 bits per heavy atom. The van der Waals surface area contributed by atoms with Crippen LogP contribution < -0.4 is 5.73 Å². The second kappa shape index (κ2) is 21.4. The van der Waals surface area contributed by atoms with Crippen LogP contribution in [0.15, 0.2) is 34.1 Å². The summed E-state index contributed by atoms with van der Waals surface area (Å²) in [5.74, 6) is -20.5. The first-order chi connectivity index (χ1) is 23.2. The molecule has 2 rings (SSSR count). The topological polar surface area (TPSA) is 181 Å². The monoisotopic (exact) mass is 877 g/mol. The lowest BCUT2D eigenvalue weighted by Gasteiger charge is -2.10. The van der Waals surface area contributed by atoms with E-state index in [1.165, 1.54) is 6.92 Å². The Labute approximate surface area is 309 Å². The maximum absolute atomic E-state index is 13.8. The van der Waals surface area contributed by atoms with Crippen molar-refractivity contribution in [3.63, 3.8) is 0 Å². The van der Waals surface area contributed by atoms with Gasteiger partial charge in [-0.15, -0.1) is 12.4 Å². The van der Waals surface area contributed by atoms with Crippen molar-refractivity contribution in [2.24, 2.45) is 5.73 Å². The number of esters is 2. The standard InChI is InChI=1S/C14H11ClF4O5S.C7Cl2F4O3S.C6H11NO2.ClH/c1-6(2)14(21)24-5-3-4-7(20)8-9(16)11(18)13(25(15,22)23)12(19)10(8)17;8-7(14)1-2(10)4(12)6(17(9,15)16)5(13)3(1)11;1-5(2)6(8)9-4-3-7;/h1,3-5H2,2H3;;1,3-4,7H2,2H3;1H. The predicted octanol–water partition coefficient (Wildman–Crippen LogP) is 6.29. The zero-order chi connectivity index (χ0) is 40.3. The smallest absolute Gasteiger partial charge is 0.333 e. The van der Waals surface area contributed by atoms with E-state index >= 15 is 0 Å². The molecular weight excluding hydrogens is 856 g/mol. The van der Waals surface area contributed by atoms with Crippen LogP contribution in [0, 0.1) is 46.5 Å². The first-order valence-corrected chi connectivity index (χ1v) is 17.9. The molecule has 0 amide bonds. The normalized spacial score (nSPS) is 10.7. The number of carbonyl (C=O) groups excluding carboxylic acids is 4. The molecule has 0 saturated heterocycles. The minimum absolute atomic E-state index is 0. The van der Waals surface area contributed by atoms with Crippen LogP contribution in [0.25, 0.3) is 0 Å². The summed E-state index contributed by atoms with van der Waals surface area (Å²) in [6.45, 7) is 9.99. The van der Waals surface area contributed by atoms with E-state index in [9.17, 15) is 71.1 Å². The number of ether oxygens (including phenoxy) is 2. The molecule has 52 heavy (non-hydrogen) atoms. The molecule has 0 spiro atoms. The Bertz CT molecular complexity index is 1920. The Morgan fingerprint density at radius 1 is 0.635 bits per heavy atom. The average molecular weight is 879 g/mol. The molecule has 2 N–H and O–H groups in total. The number of halogens is 12. The number of nitrogens with two attached hydrogens (primary N) is 1. The molecular formula is C27H23Cl4F8NO10S2. The summed E-state index contributed by atoms with van der Waals surface area (Å²) in [5.41, 5.74) is 2.26. The highest BCUT2D eigenvalue weighted by Gasteiger charge is 2.35. The van der Waals surface area contributed by atoms with E-state index in [2.05, 4.69) is 44.9 Å². The zero-order valence-electron chi connectivity index (χ0n) is 26.0. The van der Waals surface area contributed by atoms with Crippen molar-refractivity contribution in [2.45, 2.75) is 36.5 Å². The van der Waals surface area contributed by atoms with Crippen molar-refractivity contribution in [1.82, 2.24) is 0 Å². The summed E-state index contributed by atoms with van der Waals surface area (Å²) in [6.07, 6.45) is -0.821. The van der Waals surface area contributed by atoms with Gasteiger partial charge in [-0.2, -0.15) is 0 Å². The number of benzene rings is 2. The molecule has 292 valence electrons. The molecule has 2 aromatic rings. The van der Waals surface area contributed by atoms with Gasteiger partial charge in [0.2, 0.25) is 0 Å². The van der Waals surface area contributed by atoms with E-state index < -0.39 is 109 Å². The Kier molecular flexibility index (Phi) is 20.9. The summed E-state index contributed by atoms with van der Waals surface area (Å²) in [7, 11) is -0.882. The first kappa shape index (κ1) is 50.8. The minimum atomic E-state index is -5.13. The van der Waals surface area contributed by atoms with E-state index in [1.807, 2.05) is 0 Å². The van der Waals surface area contributed by atoms with Crippen molar-refractivity contribution in [1.29, 1.82) is 0 Å². The van der Waals surface area contributed by atoms with Gasteiger partial charge in [0.05, 0.1) is 12.2 Å². The SMILES string of the molecule is C=C(C)C(=O)OCCCC(=O)c1c(F)c(F)c(S(=O)(=O)Cl)c(F)c1F.C=C(C)C(=O)OCCN.Cl.O=C(Cl)c1c(F)c(F)c(S(=O)(=O)Cl)c(F)c1F. The van der Waals surface area contributed by atoms with Gasteiger partial charge in [-0.3, -0.25) is 9.59 Å². The number of ketones is 1. The van der Waals surface area contributed by atoms with Crippen LogP contribution in [0.2, 0.25) is 0 Å². The van der Waals surface area contributed by atoms with Gasteiger partial charge >= 0.3 is 11.9 Å². The summed E-state index contributed by atoms with van der Waals surface area (Å²) >= 11 is 4.69. The van der Waals surface area contributed by atoms with Crippen LogP contribution in [-0.2, 0) is 37.2 Å². The van der Waals surface area contributed by atoms with Gasteiger partial charge in [0.15, 0.2) is 62.1 Å². The molecule has 0 aliphatic rings. The van der Waals surface area contributed by atoms with Crippen molar-refractivity contribution in [3.05, 3.63) is 82.0 Å². The summed E-state index contributed by atoms with van der Waals surface area (Å²) in [4.78, 5) is 39.9. The van der Waals surface area contributed by atoms with Crippen molar-refractivity contribution in [2.75, 3.05) is 19.8 Å². The third-order valence-corrected chi connectivity index (χ3v) is 8.05. The summed E-state index contributed by atoms with van der Waals surface area (Å²) in [6, 6.07) is 0. The molecule has 0 bridgehead atoms. The Balaban J connectivity index is 0. The maximum Gasteiger partial charge on any atom is 0.333 e. The van der Waals surface area contributed by atoms with Crippen molar-refractivity contribution >= 4 is 86.4 Å². The lowest BCUT2D eigenvalue weighted by atomic mass is 10.0. The first-order valence-electron chi connectivity index (χ1n) is 12.9. The van der Waals surface area contributed by atoms with Crippen LogP contribution in [-0.4, -0.2) is 59.6 Å². The van der Waals surface area contributed by atoms with Gasteiger partial charge < -0.3 is 15.2 Å². The number of hydrogen-bond acceptors (Lipinski definition) is 11. The van der Waals surface area contributed by atoms with Gasteiger partial charge in [-0.05, 0) is 31.9 Å². The predicted molar refractivity (Wildman–Crippen MR) is 170 cm³/mol. The second-order valence-corrected chi connectivity index (χ2v) is 14.6. The Hall–Kier alpha value is -3.34. The average Bonchev–Trinajstić information content (AvgIpc) is 2.99. The third-order valence-electron chi connectivity index (χ3n) is 5.24. The molecule has 0 aromatic heterocycles. The molecule has 0 unspecified atom stereocenters. The van der Waals surface area contributed by atoms with E-state index in [-0.39, 0.29) is 43.6 Å². The van der Waals surface area contributed by atoms with Crippen LogP contribution in [0.4, 0.5) is 35.1 Å². The highest BCUT2D eigenvalue weighted by molar-refractivity contribution is 8.14. The number of carbonyl (C=O) groups is 4. The van der Waals surface area contributed by atoms with Gasteiger partial charge in [-0.1, -0.05) is 13.2 Å². The highest BCUT2D eigenvalue weighted by atomic mass is 35.7.